The van der Waals surface area contributed by atoms with E-state index in [0.29, 0.717) is 12.8 Å². The van der Waals surface area contributed by atoms with E-state index < -0.39 is 23.7 Å². The lowest BCUT2D eigenvalue weighted by Crippen LogP contribution is -2.41. The number of aromatic nitrogens is 1. The number of rotatable bonds is 6. The van der Waals surface area contributed by atoms with Crippen LogP contribution in [0.3, 0.4) is 0 Å². The Balaban J connectivity index is 2.72. The van der Waals surface area contributed by atoms with E-state index in [2.05, 4.69) is 10.3 Å². The molecule has 0 aromatic carbocycles. The van der Waals surface area contributed by atoms with Crippen LogP contribution in [0.1, 0.15) is 36.5 Å². The van der Waals surface area contributed by atoms with Crippen molar-refractivity contribution in [3.05, 3.63) is 29.8 Å². The van der Waals surface area contributed by atoms with Gasteiger partial charge in [0.25, 0.3) is 5.91 Å². The highest BCUT2D eigenvalue weighted by molar-refractivity contribution is 5.96. The van der Waals surface area contributed by atoms with Gasteiger partial charge < -0.3 is 10.4 Å². The van der Waals surface area contributed by atoms with E-state index in [1.54, 1.807) is 0 Å². The van der Waals surface area contributed by atoms with Gasteiger partial charge in [0.1, 0.15) is 6.04 Å². The molecule has 1 atom stereocenters. The minimum Gasteiger partial charge on any atom is -0.480 e. The van der Waals surface area contributed by atoms with Gasteiger partial charge in [-0.05, 0) is 12.5 Å². The fraction of sp³-hybridized carbons (Fsp3) is 0.417. The zero-order valence-corrected chi connectivity index (χ0v) is 10.0. The molecule has 1 aromatic rings. The van der Waals surface area contributed by atoms with Crippen LogP contribution in [0.15, 0.2) is 18.5 Å². The number of nitrogens with one attached hydrogen (secondary N) is 1. The largest absolute Gasteiger partial charge is 0.480 e. The maximum absolute atomic E-state index is 13.3. The summed E-state index contributed by atoms with van der Waals surface area (Å²) in [4.78, 5) is 26.2. The standard InChI is InChI=1S/C12H15FN2O3/c1-2-3-4-10(12(17)18)15-11(16)8-5-6-14-7-9(8)13/h5-7,10H,2-4H2,1H3,(H,15,16)(H,17,18). The van der Waals surface area contributed by atoms with Gasteiger partial charge >= 0.3 is 5.97 Å². The zero-order valence-electron chi connectivity index (χ0n) is 10.0. The minimum absolute atomic E-state index is 0.201. The predicted octanol–water partition coefficient (Wildman–Crippen LogP) is 1.59. The van der Waals surface area contributed by atoms with Crippen LogP contribution in [0.25, 0.3) is 0 Å². The first-order valence-corrected chi connectivity index (χ1v) is 5.69. The van der Waals surface area contributed by atoms with E-state index in [1.165, 1.54) is 12.3 Å². The number of halogens is 1. The highest BCUT2D eigenvalue weighted by atomic mass is 19.1. The first-order valence-electron chi connectivity index (χ1n) is 5.69. The summed E-state index contributed by atoms with van der Waals surface area (Å²) in [5.41, 5.74) is -0.201. The molecule has 6 heteroatoms. The molecule has 0 saturated carbocycles. The van der Waals surface area contributed by atoms with Crippen molar-refractivity contribution in [3.8, 4) is 0 Å². The molecule has 0 bridgehead atoms. The number of carboxylic acid groups (broad SMARTS) is 1. The van der Waals surface area contributed by atoms with Gasteiger partial charge in [-0.1, -0.05) is 19.8 Å². The monoisotopic (exact) mass is 254 g/mol. The molecule has 5 nitrogen and oxygen atoms in total. The maximum Gasteiger partial charge on any atom is 0.326 e. The third-order valence-corrected chi connectivity index (χ3v) is 2.47. The van der Waals surface area contributed by atoms with Crippen molar-refractivity contribution in [2.45, 2.75) is 32.2 Å². The van der Waals surface area contributed by atoms with Crippen molar-refractivity contribution in [3.63, 3.8) is 0 Å². The number of hydrogen-bond acceptors (Lipinski definition) is 3. The molecular weight excluding hydrogens is 239 g/mol. The molecule has 1 aromatic heterocycles. The summed E-state index contributed by atoms with van der Waals surface area (Å²) in [6.45, 7) is 1.92. The smallest absolute Gasteiger partial charge is 0.326 e. The third kappa shape index (κ3) is 3.80. The number of carboxylic acids is 1. The Hall–Kier alpha value is -1.98. The molecule has 0 radical (unpaired) electrons. The van der Waals surface area contributed by atoms with Gasteiger partial charge in [-0.15, -0.1) is 0 Å². The van der Waals surface area contributed by atoms with Crippen LogP contribution in [0, 0.1) is 5.82 Å². The second-order valence-corrected chi connectivity index (χ2v) is 3.86. The summed E-state index contributed by atoms with van der Waals surface area (Å²) in [6.07, 6.45) is 4.01. The van der Waals surface area contributed by atoms with Crippen molar-refractivity contribution >= 4 is 11.9 Å². The number of nitrogens with zero attached hydrogens (tertiary/aromatic N) is 1. The Morgan fingerprint density at radius 2 is 2.28 bits per heavy atom. The van der Waals surface area contributed by atoms with E-state index in [0.717, 1.165) is 12.6 Å². The van der Waals surface area contributed by atoms with Crippen LogP contribution in [0.5, 0.6) is 0 Å². The molecule has 1 rings (SSSR count). The Bertz CT molecular complexity index is 437. The van der Waals surface area contributed by atoms with Crippen LogP contribution in [-0.4, -0.2) is 28.0 Å². The number of carbonyl (C=O) groups is 2. The number of hydrogen-bond donors (Lipinski definition) is 2. The average molecular weight is 254 g/mol. The fourth-order valence-corrected chi connectivity index (χ4v) is 1.46. The Morgan fingerprint density at radius 1 is 1.56 bits per heavy atom. The molecule has 2 N–H and O–H groups in total. The summed E-state index contributed by atoms with van der Waals surface area (Å²) in [5.74, 6) is -2.63. The normalized spacial score (nSPS) is 11.9. The van der Waals surface area contributed by atoms with Crippen LogP contribution in [0.4, 0.5) is 4.39 Å². The zero-order chi connectivity index (χ0) is 13.5. The summed E-state index contributed by atoms with van der Waals surface area (Å²) in [5, 5.41) is 11.2. The Morgan fingerprint density at radius 3 is 2.83 bits per heavy atom. The van der Waals surface area contributed by atoms with Gasteiger partial charge in [0, 0.05) is 6.20 Å². The SMILES string of the molecule is CCCCC(NC(=O)c1ccncc1F)C(=O)O. The lowest BCUT2D eigenvalue weighted by molar-refractivity contribution is -0.139. The van der Waals surface area contributed by atoms with Crippen molar-refractivity contribution < 1.29 is 19.1 Å². The Labute approximate surface area is 104 Å². The lowest BCUT2D eigenvalue weighted by Gasteiger charge is -2.14. The summed E-state index contributed by atoms with van der Waals surface area (Å²) < 4.78 is 13.3. The van der Waals surface area contributed by atoms with E-state index in [-0.39, 0.29) is 5.56 Å². The van der Waals surface area contributed by atoms with Crippen LogP contribution in [0.2, 0.25) is 0 Å². The summed E-state index contributed by atoms with van der Waals surface area (Å²) in [6, 6.07) is 0.216. The van der Waals surface area contributed by atoms with Gasteiger partial charge in [0.15, 0.2) is 5.82 Å². The lowest BCUT2D eigenvalue weighted by atomic mass is 10.1. The molecule has 1 amide bonds. The first-order chi connectivity index (χ1) is 8.56. The molecule has 0 fully saturated rings. The van der Waals surface area contributed by atoms with Gasteiger partial charge in [0.2, 0.25) is 0 Å². The van der Waals surface area contributed by atoms with Gasteiger partial charge in [-0.2, -0.15) is 0 Å². The first kappa shape index (κ1) is 14.1. The molecule has 1 unspecified atom stereocenters. The minimum atomic E-state index is -1.12. The second kappa shape index (κ2) is 6.68. The van der Waals surface area contributed by atoms with Crippen LogP contribution >= 0.6 is 0 Å². The molecule has 18 heavy (non-hydrogen) atoms. The van der Waals surface area contributed by atoms with Crippen molar-refractivity contribution in [2.75, 3.05) is 0 Å². The van der Waals surface area contributed by atoms with E-state index >= 15 is 0 Å². The highest BCUT2D eigenvalue weighted by Crippen LogP contribution is 2.07. The molecule has 0 saturated heterocycles. The number of carbonyl (C=O) groups excluding carboxylic acids is 1. The second-order valence-electron chi connectivity index (χ2n) is 3.86. The summed E-state index contributed by atoms with van der Waals surface area (Å²) >= 11 is 0. The molecular formula is C12H15FN2O3. The van der Waals surface area contributed by atoms with Crippen molar-refractivity contribution in [1.29, 1.82) is 0 Å². The van der Waals surface area contributed by atoms with Crippen LogP contribution < -0.4 is 5.32 Å². The molecule has 98 valence electrons. The van der Waals surface area contributed by atoms with Gasteiger partial charge in [-0.3, -0.25) is 9.78 Å². The van der Waals surface area contributed by atoms with Crippen molar-refractivity contribution in [2.24, 2.45) is 0 Å². The number of pyridine rings is 1. The number of unbranched alkanes of at least 4 members (excludes halogenated alkanes) is 1. The van der Waals surface area contributed by atoms with E-state index in [9.17, 15) is 14.0 Å². The number of amides is 1. The van der Waals surface area contributed by atoms with Crippen molar-refractivity contribution in [1.82, 2.24) is 10.3 Å². The quantitative estimate of drug-likeness (QED) is 0.808. The molecule has 0 aliphatic rings. The molecule has 0 aliphatic carbocycles. The topological polar surface area (TPSA) is 79.3 Å². The molecule has 0 spiro atoms. The van der Waals surface area contributed by atoms with Gasteiger partial charge in [-0.25, -0.2) is 9.18 Å². The van der Waals surface area contributed by atoms with Crippen LogP contribution in [-0.2, 0) is 4.79 Å². The van der Waals surface area contributed by atoms with E-state index in [1.807, 2.05) is 6.92 Å². The average Bonchev–Trinajstić information content (AvgIpc) is 2.34. The Kier molecular flexibility index (Phi) is 5.23. The predicted molar refractivity (Wildman–Crippen MR) is 62.6 cm³/mol. The van der Waals surface area contributed by atoms with Gasteiger partial charge in [0.05, 0.1) is 11.8 Å². The van der Waals surface area contributed by atoms with E-state index in [4.69, 9.17) is 5.11 Å². The maximum atomic E-state index is 13.3. The highest BCUT2D eigenvalue weighted by Gasteiger charge is 2.21. The number of aliphatic carboxylic acids is 1. The molecule has 1 heterocycles. The summed E-state index contributed by atoms with van der Waals surface area (Å²) in [7, 11) is 0. The molecule has 0 aliphatic heterocycles. The fourth-order valence-electron chi connectivity index (χ4n) is 1.46. The third-order valence-electron chi connectivity index (χ3n) is 2.47.